The Bertz CT molecular complexity index is 1150. The van der Waals surface area contributed by atoms with Crippen molar-refractivity contribution < 1.29 is 0 Å². The molecule has 37 heavy (non-hydrogen) atoms. The highest BCUT2D eigenvalue weighted by Crippen LogP contribution is 2.51. The molecule has 3 aromatic carbocycles. The molecule has 0 radical (unpaired) electrons. The zero-order valence-electron chi connectivity index (χ0n) is 22.7. The molecule has 0 saturated carbocycles. The van der Waals surface area contributed by atoms with Crippen molar-refractivity contribution in [1.29, 1.82) is 0 Å². The highest BCUT2D eigenvalue weighted by Gasteiger charge is 2.43. The molecule has 194 valence electrons. The minimum atomic E-state index is -1.48. The second-order valence-corrected chi connectivity index (χ2v) is 15.9. The first-order valence-corrected chi connectivity index (χ1v) is 16.5. The molecule has 3 nitrogen and oxygen atoms in total. The van der Waals surface area contributed by atoms with E-state index in [-0.39, 0.29) is 0 Å². The Morgan fingerprint density at radius 2 is 1.05 bits per heavy atom. The van der Waals surface area contributed by atoms with Crippen molar-refractivity contribution in [3.63, 3.8) is 0 Å². The summed E-state index contributed by atoms with van der Waals surface area (Å²) in [5.41, 5.74) is 26.9. The molecule has 1 aliphatic rings. The number of hydrogen-bond acceptors (Lipinski definition) is 3. The third-order valence-electron chi connectivity index (χ3n) is 8.88. The Kier molecular flexibility index (Phi) is 8.66. The van der Waals surface area contributed by atoms with Crippen LogP contribution in [0.1, 0.15) is 54.2 Å². The summed E-state index contributed by atoms with van der Waals surface area (Å²) >= 11 is 0. The minimum Gasteiger partial charge on any atom is -0.326 e. The van der Waals surface area contributed by atoms with Gasteiger partial charge in [0.1, 0.15) is 0 Å². The lowest BCUT2D eigenvalue weighted by atomic mass is 9.64. The van der Waals surface area contributed by atoms with Gasteiger partial charge in [-0.3, -0.25) is 0 Å². The summed E-state index contributed by atoms with van der Waals surface area (Å²) in [6.45, 7) is 8.70. The van der Waals surface area contributed by atoms with Gasteiger partial charge in [-0.2, -0.15) is 0 Å². The normalized spacial score (nSPS) is 15.7. The van der Waals surface area contributed by atoms with E-state index in [0.717, 1.165) is 16.7 Å². The van der Waals surface area contributed by atoms with Crippen LogP contribution in [0.3, 0.4) is 0 Å². The summed E-state index contributed by atoms with van der Waals surface area (Å²) in [4.78, 5) is 0. The molecule has 0 spiro atoms. The van der Waals surface area contributed by atoms with Gasteiger partial charge in [0.2, 0.25) is 0 Å². The van der Waals surface area contributed by atoms with Gasteiger partial charge in [-0.15, -0.1) is 0 Å². The van der Waals surface area contributed by atoms with Gasteiger partial charge in [-0.25, -0.2) is 0 Å². The highest BCUT2D eigenvalue weighted by atomic mass is 28.3. The number of hydrogen-bond donors (Lipinski definition) is 3. The van der Waals surface area contributed by atoms with Crippen LogP contribution >= 0.6 is 0 Å². The lowest BCUT2D eigenvalue weighted by Gasteiger charge is -2.38. The highest BCUT2D eigenvalue weighted by molar-refractivity contribution is 6.82. The molecule has 0 fully saturated rings. The first kappa shape index (κ1) is 27.3. The summed E-state index contributed by atoms with van der Waals surface area (Å²) < 4.78 is 0. The van der Waals surface area contributed by atoms with Crippen LogP contribution in [0.4, 0.5) is 0 Å². The first-order chi connectivity index (χ1) is 18.0. The Balaban J connectivity index is 2.10. The molecule has 4 rings (SSSR count). The summed E-state index contributed by atoms with van der Waals surface area (Å²) in [7, 11) is -1.48. The van der Waals surface area contributed by atoms with Crippen molar-refractivity contribution in [3.8, 4) is 0 Å². The molecule has 4 heteroatoms. The van der Waals surface area contributed by atoms with E-state index < -0.39 is 13.5 Å². The fraction of sp³-hybridized carbons (Fsp3) is 0.333. The molecule has 1 aliphatic carbocycles. The van der Waals surface area contributed by atoms with Crippen LogP contribution in [0, 0.1) is 0 Å². The maximum absolute atomic E-state index is 6.16. The van der Waals surface area contributed by atoms with Crippen LogP contribution in [-0.4, -0.2) is 8.07 Å². The van der Waals surface area contributed by atoms with Gasteiger partial charge >= 0.3 is 0 Å². The predicted octanol–water partition coefficient (Wildman–Crippen LogP) is 6.77. The lowest BCUT2D eigenvalue weighted by Crippen LogP contribution is -2.36. The van der Waals surface area contributed by atoms with Gasteiger partial charge in [0.25, 0.3) is 0 Å². The van der Waals surface area contributed by atoms with Crippen LogP contribution in [-0.2, 0) is 25.0 Å². The molecule has 0 aliphatic heterocycles. The fourth-order valence-electron chi connectivity index (χ4n) is 6.39. The molecular formula is C33H43N3Si. The molecule has 0 bridgehead atoms. The minimum absolute atomic E-state index is 0.498. The SMILES string of the molecule is CC[Si](CC)(CC)C1C=CC(C(c2cccc(CN)c2)(c2cccc(CN)c2)c2cccc(CN)c2)=C1. The molecule has 6 N–H and O–H groups in total. The number of rotatable bonds is 11. The standard InChI is InChI=1S/C33H43N3Si/c1-4-37(5-2,6-3)32-17-16-31(21-32)33(28-13-7-10-25(18-28)22-34,29-14-8-11-26(19-29)23-35)30-15-9-12-27(20-30)24-36/h7-21,32H,4-6,22-24,34-36H2,1-3H3. The van der Waals surface area contributed by atoms with Crippen molar-refractivity contribution in [2.45, 2.75) is 69.5 Å². The number of allylic oxidation sites excluding steroid dienone is 4. The van der Waals surface area contributed by atoms with Crippen LogP contribution in [0.25, 0.3) is 0 Å². The first-order valence-electron chi connectivity index (χ1n) is 13.8. The van der Waals surface area contributed by atoms with Gasteiger partial charge in [0.05, 0.1) is 13.5 Å². The average molecular weight is 510 g/mol. The number of benzene rings is 3. The van der Waals surface area contributed by atoms with Crippen molar-refractivity contribution in [2.75, 3.05) is 0 Å². The fourth-order valence-corrected chi connectivity index (χ4v) is 10.3. The summed E-state index contributed by atoms with van der Waals surface area (Å²) in [5, 5.41) is 0. The smallest absolute Gasteiger partial charge is 0.0698 e. The van der Waals surface area contributed by atoms with E-state index in [1.165, 1.54) is 40.4 Å². The number of nitrogens with two attached hydrogens (primary N) is 3. The maximum Gasteiger partial charge on any atom is 0.0698 e. The Morgan fingerprint density at radius 3 is 1.41 bits per heavy atom. The molecule has 0 heterocycles. The molecule has 0 amide bonds. The van der Waals surface area contributed by atoms with Gasteiger partial charge in [-0.1, -0.05) is 130 Å². The quantitative estimate of drug-likeness (QED) is 0.197. The third kappa shape index (κ3) is 4.91. The predicted molar refractivity (Wildman–Crippen MR) is 161 cm³/mol. The molecule has 1 unspecified atom stereocenters. The van der Waals surface area contributed by atoms with Crippen molar-refractivity contribution in [2.24, 2.45) is 17.2 Å². The maximum atomic E-state index is 6.16. The largest absolute Gasteiger partial charge is 0.326 e. The summed E-state index contributed by atoms with van der Waals surface area (Å²) in [6.07, 6.45) is 7.51. The third-order valence-corrected chi connectivity index (χ3v) is 14.9. The van der Waals surface area contributed by atoms with Crippen LogP contribution in [0.2, 0.25) is 23.7 Å². The van der Waals surface area contributed by atoms with E-state index in [9.17, 15) is 0 Å². The Labute approximate surface area is 224 Å². The van der Waals surface area contributed by atoms with Crippen LogP contribution < -0.4 is 17.2 Å². The van der Waals surface area contributed by atoms with Crippen molar-refractivity contribution in [1.82, 2.24) is 0 Å². The van der Waals surface area contributed by atoms with E-state index in [1.807, 2.05) is 0 Å². The van der Waals surface area contributed by atoms with Crippen LogP contribution in [0.15, 0.2) is 96.6 Å². The van der Waals surface area contributed by atoms with Crippen LogP contribution in [0.5, 0.6) is 0 Å². The van der Waals surface area contributed by atoms with Crippen molar-refractivity contribution in [3.05, 3.63) is 130 Å². The van der Waals surface area contributed by atoms with E-state index in [1.54, 1.807) is 0 Å². The zero-order valence-corrected chi connectivity index (χ0v) is 23.7. The molecular weight excluding hydrogens is 466 g/mol. The van der Waals surface area contributed by atoms with E-state index in [2.05, 4.69) is 112 Å². The molecule has 3 aromatic rings. The molecule has 0 saturated heterocycles. The van der Waals surface area contributed by atoms with E-state index in [0.29, 0.717) is 25.2 Å². The topological polar surface area (TPSA) is 78.1 Å². The van der Waals surface area contributed by atoms with Gasteiger partial charge < -0.3 is 17.2 Å². The summed E-state index contributed by atoms with van der Waals surface area (Å²) in [5.74, 6) is 0. The van der Waals surface area contributed by atoms with Gasteiger partial charge in [0.15, 0.2) is 0 Å². The lowest BCUT2D eigenvalue weighted by molar-refractivity contribution is 0.737. The van der Waals surface area contributed by atoms with E-state index >= 15 is 0 Å². The van der Waals surface area contributed by atoms with E-state index in [4.69, 9.17) is 17.2 Å². The van der Waals surface area contributed by atoms with Gasteiger partial charge in [-0.05, 0) is 44.5 Å². The van der Waals surface area contributed by atoms with Crippen molar-refractivity contribution >= 4 is 8.07 Å². The Hall–Kier alpha value is -2.76. The monoisotopic (exact) mass is 509 g/mol. The zero-order chi connectivity index (χ0) is 26.5. The summed E-state index contributed by atoms with van der Waals surface area (Å²) in [6, 6.07) is 30.3. The average Bonchev–Trinajstić information content (AvgIpc) is 3.46. The van der Waals surface area contributed by atoms with Gasteiger partial charge in [0, 0.05) is 19.6 Å². The molecule has 0 aromatic heterocycles. The molecule has 1 atom stereocenters. The second-order valence-electron chi connectivity index (χ2n) is 10.4. The second kappa shape index (κ2) is 11.7. The Morgan fingerprint density at radius 1 is 0.649 bits per heavy atom.